The van der Waals surface area contributed by atoms with Crippen molar-refractivity contribution < 1.29 is 14.9 Å². The summed E-state index contributed by atoms with van der Waals surface area (Å²) in [5, 5.41) is 21.9. The lowest BCUT2D eigenvalue weighted by molar-refractivity contribution is 0.105. The molecule has 0 aliphatic heterocycles. The van der Waals surface area contributed by atoms with Crippen LogP contribution in [0.25, 0.3) is 0 Å². The van der Waals surface area contributed by atoms with Gasteiger partial charge in [-0.25, -0.2) is 0 Å². The number of aliphatic hydroxyl groups is 2. The summed E-state index contributed by atoms with van der Waals surface area (Å²) >= 11 is 0. The van der Waals surface area contributed by atoms with Crippen molar-refractivity contribution in [3.8, 4) is 5.75 Å². The Morgan fingerprint density at radius 3 is 2.70 bits per heavy atom. The quantitative estimate of drug-likeness (QED) is 0.644. The maximum atomic E-state index is 9.88. The zero-order chi connectivity index (χ0) is 15.0. The average molecular weight is 281 g/mol. The molecule has 114 valence electrons. The number of hydrogen-bond acceptors (Lipinski definition) is 4. The van der Waals surface area contributed by atoms with E-state index in [0.29, 0.717) is 12.5 Å². The molecule has 0 aliphatic rings. The first-order valence-electron chi connectivity index (χ1n) is 7.22. The molecule has 0 aromatic heterocycles. The smallest absolute Gasteiger partial charge is 0.122 e. The minimum absolute atomic E-state index is 0.209. The Kier molecular flexibility index (Phi) is 7.59. The summed E-state index contributed by atoms with van der Waals surface area (Å²) in [4.78, 5) is 0. The van der Waals surface area contributed by atoms with Gasteiger partial charge in [0.15, 0.2) is 0 Å². The Morgan fingerprint density at radius 2 is 2.00 bits per heavy atom. The van der Waals surface area contributed by atoms with Crippen molar-refractivity contribution in [2.24, 2.45) is 5.92 Å². The van der Waals surface area contributed by atoms with Gasteiger partial charge < -0.3 is 20.3 Å². The molecule has 0 aliphatic carbocycles. The van der Waals surface area contributed by atoms with E-state index < -0.39 is 6.10 Å². The fourth-order valence-electron chi connectivity index (χ4n) is 1.93. The molecule has 2 unspecified atom stereocenters. The van der Waals surface area contributed by atoms with E-state index in [4.69, 9.17) is 9.84 Å². The molecule has 1 aromatic rings. The second-order valence-electron chi connectivity index (χ2n) is 5.51. The molecule has 4 heteroatoms. The summed E-state index contributed by atoms with van der Waals surface area (Å²) in [6.45, 7) is 7.87. The van der Waals surface area contributed by atoms with E-state index >= 15 is 0 Å². The Hall–Kier alpha value is -1.10. The molecular weight excluding hydrogens is 254 g/mol. The molecule has 0 amide bonds. The standard InChI is InChI=1S/C16H27NO3/c1-12-4-5-14(3)16(8-12)20-11-15(19)10-17-9-13(2)6-7-18/h4-5,8,13,15,17-19H,6-7,9-11H2,1-3H3. The van der Waals surface area contributed by atoms with Crippen molar-refractivity contribution in [3.05, 3.63) is 29.3 Å². The van der Waals surface area contributed by atoms with Crippen LogP contribution in [-0.4, -0.2) is 42.6 Å². The summed E-state index contributed by atoms with van der Waals surface area (Å²) < 4.78 is 5.65. The highest BCUT2D eigenvalue weighted by Crippen LogP contribution is 2.19. The van der Waals surface area contributed by atoms with Gasteiger partial charge in [-0.15, -0.1) is 0 Å². The van der Waals surface area contributed by atoms with Crippen LogP contribution in [0.2, 0.25) is 0 Å². The summed E-state index contributed by atoms with van der Waals surface area (Å²) in [6.07, 6.45) is 0.249. The number of hydrogen-bond donors (Lipinski definition) is 3. The molecule has 20 heavy (non-hydrogen) atoms. The maximum Gasteiger partial charge on any atom is 0.122 e. The zero-order valence-corrected chi connectivity index (χ0v) is 12.7. The molecule has 1 aromatic carbocycles. The molecule has 0 saturated carbocycles. The average Bonchev–Trinajstić information content (AvgIpc) is 2.40. The van der Waals surface area contributed by atoms with Crippen LogP contribution < -0.4 is 10.1 Å². The van der Waals surface area contributed by atoms with E-state index in [1.165, 1.54) is 0 Å². The summed E-state index contributed by atoms with van der Waals surface area (Å²) in [7, 11) is 0. The Bertz CT molecular complexity index is 395. The summed E-state index contributed by atoms with van der Waals surface area (Å²) in [5.74, 6) is 1.24. The van der Waals surface area contributed by atoms with Crippen LogP contribution in [0, 0.1) is 19.8 Å². The van der Waals surface area contributed by atoms with Crippen molar-refractivity contribution in [2.45, 2.75) is 33.3 Å². The van der Waals surface area contributed by atoms with Gasteiger partial charge in [-0.1, -0.05) is 19.1 Å². The van der Waals surface area contributed by atoms with Crippen LogP contribution in [0.3, 0.4) is 0 Å². The number of benzene rings is 1. The van der Waals surface area contributed by atoms with Gasteiger partial charge in [0.05, 0.1) is 0 Å². The predicted molar refractivity (Wildman–Crippen MR) is 81.2 cm³/mol. The lowest BCUT2D eigenvalue weighted by Crippen LogP contribution is -2.34. The minimum atomic E-state index is -0.531. The lowest BCUT2D eigenvalue weighted by atomic mass is 10.1. The number of aliphatic hydroxyl groups excluding tert-OH is 2. The third kappa shape index (κ3) is 6.37. The normalized spacial score (nSPS) is 14.1. The molecule has 3 N–H and O–H groups in total. The third-order valence-corrected chi connectivity index (χ3v) is 3.27. The number of rotatable bonds is 9. The van der Waals surface area contributed by atoms with E-state index in [1.54, 1.807) is 0 Å². The van der Waals surface area contributed by atoms with Gasteiger partial charge in [0.2, 0.25) is 0 Å². The monoisotopic (exact) mass is 281 g/mol. The van der Waals surface area contributed by atoms with E-state index in [9.17, 15) is 5.11 Å². The van der Waals surface area contributed by atoms with Crippen molar-refractivity contribution in [1.29, 1.82) is 0 Å². The van der Waals surface area contributed by atoms with E-state index in [0.717, 1.165) is 29.8 Å². The third-order valence-electron chi connectivity index (χ3n) is 3.27. The first-order valence-corrected chi connectivity index (χ1v) is 7.22. The van der Waals surface area contributed by atoms with Gasteiger partial charge >= 0.3 is 0 Å². The second kappa shape index (κ2) is 8.95. The van der Waals surface area contributed by atoms with E-state index in [1.807, 2.05) is 32.0 Å². The maximum absolute atomic E-state index is 9.88. The molecular formula is C16H27NO3. The Labute approximate surface area is 121 Å². The van der Waals surface area contributed by atoms with Gasteiger partial charge in [0.25, 0.3) is 0 Å². The van der Waals surface area contributed by atoms with Gasteiger partial charge in [0, 0.05) is 13.2 Å². The van der Waals surface area contributed by atoms with Crippen LogP contribution in [-0.2, 0) is 0 Å². The van der Waals surface area contributed by atoms with Crippen LogP contribution in [0.1, 0.15) is 24.5 Å². The van der Waals surface area contributed by atoms with Crippen LogP contribution in [0.15, 0.2) is 18.2 Å². The van der Waals surface area contributed by atoms with Crippen LogP contribution in [0.4, 0.5) is 0 Å². The van der Waals surface area contributed by atoms with Crippen molar-refractivity contribution in [1.82, 2.24) is 5.32 Å². The molecule has 1 rings (SSSR count). The fraction of sp³-hybridized carbons (Fsp3) is 0.625. The van der Waals surface area contributed by atoms with Gasteiger partial charge in [0.1, 0.15) is 18.5 Å². The molecule has 0 saturated heterocycles. The first kappa shape index (κ1) is 17.0. The zero-order valence-electron chi connectivity index (χ0n) is 12.7. The van der Waals surface area contributed by atoms with Crippen LogP contribution >= 0.6 is 0 Å². The van der Waals surface area contributed by atoms with Crippen molar-refractivity contribution in [2.75, 3.05) is 26.3 Å². The highest BCUT2D eigenvalue weighted by atomic mass is 16.5. The number of ether oxygens (including phenoxy) is 1. The topological polar surface area (TPSA) is 61.7 Å². The molecule has 0 fully saturated rings. The molecule has 0 bridgehead atoms. The lowest BCUT2D eigenvalue weighted by Gasteiger charge is -2.16. The van der Waals surface area contributed by atoms with E-state index in [-0.39, 0.29) is 13.2 Å². The molecule has 0 spiro atoms. The Balaban J connectivity index is 2.26. The Morgan fingerprint density at radius 1 is 1.25 bits per heavy atom. The number of aryl methyl sites for hydroxylation is 2. The molecule has 0 radical (unpaired) electrons. The molecule has 2 atom stereocenters. The SMILES string of the molecule is Cc1ccc(C)c(OCC(O)CNCC(C)CCO)c1. The largest absolute Gasteiger partial charge is 0.491 e. The first-order chi connectivity index (χ1) is 9.52. The van der Waals surface area contributed by atoms with Crippen molar-refractivity contribution >= 4 is 0 Å². The molecule has 0 heterocycles. The summed E-state index contributed by atoms with van der Waals surface area (Å²) in [6, 6.07) is 6.05. The van der Waals surface area contributed by atoms with E-state index in [2.05, 4.69) is 12.2 Å². The molecule has 4 nitrogen and oxygen atoms in total. The fourth-order valence-corrected chi connectivity index (χ4v) is 1.93. The highest BCUT2D eigenvalue weighted by molar-refractivity contribution is 5.35. The van der Waals surface area contributed by atoms with Gasteiger partial charge in [-0.3, -0.25) is 0 Å². The van der Waals surface area contributed by atoms with Crippen molar-refractivity contribution in [3.63, 3.8) is 0 Å². The highest BCUT2D eigenvalue weighted by Gasteiger charge is 2.08. The van der Waals surface area contributed by atoms with Gasteiger partial charge in [-0.05, 0) is 49.9 Å². The second-order valence-corrected chi connectivity index (χ2v) is 5.51. The summed E-state index contributed by atoms with van der Waals surface area (Å²) in [5.41, 5.74) is 2.23. The van der Waals surface area contributed by atoms with Crippen LogP contribution in [0.5, 0.6) is 5.75 Å². The minimum Gasteiger partial charge on any atom is -0.491 e. The predicted octanol–water partition coefficient (Wildman–Crippen LogP) is 1.65. The van der Waals surface area contributed by atoms with Gasteiger partial charge in [-0.2, -0.15) is 0 Å². The number of nitrogens with one attached hydrogen (secondary N) is 1.